The van der Waals surface area contributed by atoms with Gasteiger partial charge < -0.3 is 4.90 Å². The number of hydrogen-bond acceptors (Lipinski definition) is 6. The smallest absolute Gasteiger partial charge is 0.260 e. The second-order valence-electron chi connectivity index (χ2n) is 7.19. The second kappa shape index (κ2) is 8.65. The first-order valence-corrected chi connectivity index (χ1v) is 10.6. The van der Waals surface area contributed by atoms with E-state index in [0.29, 0.717) is 22.5 Å². The lowest BCUT2D eigenvalue weighted by atomic mass is 10.1. The molecule has 3 heterocycles. The van der Waals surface area contributed by atoms with Gasteiger partial charge in [-0.1, -0.05) is 17.8 Å². The van der Waals surface area contributed by atoms with Gasteiger partial charge in [-0.25, -0.2) is 10.1 Å². The Hall–Kier alpha value is -2.87. The zero-order valence-electron chi connectivity index (χ0n) is 16.6. The molecule has 8 heteroatoms. The molecule has 0 unspecified atom stereocenters. The molecule has 0 saturated carbocycles. The first kappa shape index (κ1) is 19.4. The normalized spacial score (nSPS) is 14.1. The van der Waals surface area contributed by atoms with Gasteiger partial charge in [0.2, 0.25) is 11.9 Å². The van der Waals surface area contributed by atoms with Gasteiger partial charge in [0.1, 0.15) is 5.03 Å². The molecule has 1 aliphatic heterocycles. The van der Waals surface area contributed by atoms with Crippen LogP contribution in [0.5, 0.6) is 0 Å². The summed E-state index contributed by atoms with van der Waals surface area (Å²) < 4.78 is 0. The Morgan fingerprint density at radius 3 is 2.76 bits per heavy atom. The molecule has 0 radical (unpaired) electrons. The van der Waals surface area contributed by atoms with Crippen molar-refractivity contribution in [2.75, 3.05) is 23.3 Å². The molecular weight excluding hydrogens is 384 g/mol. The number of H-pyrrole nitrogens is 1. The number of benzene rings is 1. The maximum atomic E-state index is 12.9. The molecule has 0 aliphatic carbocycles. The van der Waals surface area contributed by atoms with E-state index >= 15 is 0 Å². The molecule has 150 valence electrons. The number of piperidine rings is 1. The van der Waals surface area contributed by atoms with Crippen LogP contribution in [-0.4, -0.2) is 39.2 Å². The van der Waals surface area contributed by atoms with Crippen LogP contribution in [0.15, 0.2) is 46.5 Å². The van der Waals surface area contributed by atoms with Gasteiger partial charge in [0.05, 0.1) is 5.56 Å². The summed E-state index contributed by atoms with van der Waals surface area (Å²) in [6.07, 6.45) is 5.23. The topological polar surface area (TPSA) is 86.8 Å². The van der Waals surface area contributed by atoms with E-state index in [-0.39, 0.29) is 5.91 Å². The number of carbonyl (C=O) groups is 1. The molecule has 2 N–H and O–H groups in total. The third kappa shape index (κ3) is 4.59. The molecule has 3 aromatic rings. The Bertz CT molecular complexity index is 1010. The van der Waals surface area contributed by atoms with E-state index in [9.17, 15) is 4.79 Å². The average Bonchev–Trinajstić information content (AvgIpc) is 3.20. The highest BCUT2D eigenvalue weighted by Crippen LogP contribution is 2.30. The Kier molecular flexibility index (Phi) is 5.80. The zero-order valence-corrected chi connectivity index (χ0v) is 17.4. The zero-order chi connectivity index (χ0) is 20.2. The predicted molar refractivity (Wildman–Crippen MR) is 115 cm³/mol. The van der Waals surface area contributed by atoms with Crippen molar-refractivity contribution in [3.63, 3.8) is 0 Å². The van der Waals surface area contributed by atoms with Gasteiger partial charge in [0, 0.05) is 24.2 Å². The Morgan fingerprint density at radius 2 is 1.97 bits per heavy atom. The number of anilines is 2. The molecule has 1 saturated heterocycles. The number of aromatic nitrogens is 4. The first-order chi connectivity index (χ1) is 14.1. The van der Waals surface area contributed by atoms with E-state index in [0.717, 1.165) is 30.8 Å². The van der Waals surface area contributed by atoms with Gasteiger partial charge >= 0.3 is 0 Å². The molecule has 1 aliphatic rings. The molecule has 0 spiro atoms. The highest BCUT2D eigenvalue weighted by molar-refractivity contribution is 7.99. The van der Waals surface area contributed by atoms with Gasteiger partial charge in [0.25, 0.3) is 5.91 Å². The molecule has 1 amide bonds. The standard InChI is InChI=1S/C21H24N6OS/c1-14-8-9-16(13-15(14)2)29-19-17(7-6-10-22-19)18(28)23-20-24-21(26-25-20)27-11-4-3-5-12-27/h6-10,13H,3-5,11-12H2,1-2H3,(H2,23,24,25,26,28). The number of nitrogens with zero attached hydrogens (tertiary/aromatic N) is 4. The predicted octanol–water partition coefficient (Wildman–Crippen LogP) is 4.21. The van der Waals surface area contributed by atoms with Crippen molar-refractivity contribution < 1.29 is 4.79 Å². The molecule has 0 bridgehead atoms. The number of carbonyl (C=O) groups excluding carboxylic acids is 1. The maximum Gasteiger partial charge on any atom is 0.260 e. The Morgan fingerprint density at radius 1 is 1.14 bits per heavy atom. The molecule has 0 atom stereocenters. The molecule has 2 aromatic heterocycles. The summed E-state index contributed by atoms with van der Waals surface area (Å²) in [7, 11) is 0. The van der Waals surface area contributed by atoms with Crippen LogP contribution in [-0.2, 0) is 0 Å². The van der Waals surface area contributed by atoms with Crippen molar-refractivity contribution in [3.8, 4) is 0 Å². The summed E-state index contributed by atoms with van der Waals surface area (Å²) in [5.74, 6) is 0.725. The van der Waals surface area contributed by atoms with Gasteiger partial charge in [-0.15, -0.1) is 5.10 Å². The van der Waals surface area contributed by atoms with Crippen molar-refractivity contribution in [3.05, 3.63) is 53.2 Å². The van der Waals surface area contributed by atoms with Crippen LogP contribution in [0.25, 0.3) is 0 Å². The lowest BCUT2D eigenvalue weighted by Gasteiger charge is -2.24. The van der Waals surface area contributed by atoms with Gasteiger partial charge in [-0.2, -0.15) is 4.98 Å². The summed E-state index contributed by atoms with van der Waals surface area (Å²) in [4.78, 5) is 24.9. The van der Waals surface area contributed by atoms with Gasteiger partial charge in [-0.3, -0.25) is 10.1 Å². The molecule has 4 rings (SSSR count). The minimum absolute atomic E-state index is 0.259. The first-order valence-electron chi connectivity index (χ1n) is 9.79. The fraction of sp³-hybridized carbons (Fsp3) is 0.333. The van der Waals surface area contributed by atoms with Crippen LogP contribution in [0.2, 0.25) is 0 Å². The van der Waals surface area contributed by atoms with Crippen molar-refractivity contribution in [1.82, 2.24) is 20.2 Å². The van der Waals surface area contributed by atoms with Crippen molar-refractivity contribution >= 4 is 29.6 Å². The van der Waals surface area contributed by atoms with Gasteiger partial charge in [0.15, 0.2) is 0 Å². The monoisotopic (exact) mass is 408 g/mol. The minimum atomic E-state index is -0.259. The third-order valence-corrected chi connectivity index (χ3v) is 6.06. The molecule has 29 heavy (non-hydrogen) atoms. The lowest BCUT2D eigenvalue weighted by Crippen LogP contribution is -2.30. The van der Waals surface area contributed by atoms with Crippen molar-refractivity contribution in [2.24, 2.45) is 0 Å². The number of aryl methyl sites for hydroxylation is 2. The van der Waals surface area contributed by atoms with Crippen LogP contribution >= 0.6 is 11.8 Å². The maximum absolute atomic E-state index is 12.9. The second-order valence-corrected chi connectivity index (χ2v) is 8.25. The minimum Gasteiger partial charge on any atom is -0.340 e. The quantitative estimate of drug-likeness (QED) is 0.658. The number of rotatable bonds is 5. The number of pyridine rings is 1. The van der Waals surface area contributed by atoms with E-state index in [4.69, 9.17) is 0 Å². The van der Waals surface area contributed by atoms with Crippen LogP contribution in [0, 0.1) is 13.8 Å². The van der Waals surface area contributed by atoms with Crippen molar-refractivity contribution in [1.29, 1.82) is 0 Å². The van der Waals surface area contributed by atoms with Crippen LogP contribution in [0.1, 0.15) is 40.7 Å². The van der Waals surface area contributed by atoms with E-state index in [1.165, 1.54) is 29.3 Å². The third-order valence-electron chi connectivity index (χ3n) is 5.05. The van der Waals surface area contributed by atoms with E-state index in [1.807, 2.05) is 6.07 Å². The number of nitrogens with one attached hydrogen (secondary N) is 2. The highest BCUT2D eigenvalue weighted by atomic mass is 32.2. The number of hydrogen-bond donors (Lipinski definition) is 2. The molecule has 1 fully saturated rings. The summed E-state index contributed by atoms with van der Waals surface area (Å²) in [5, 5.41) is 10.5. The molecule has 1 aromatic carbocycles. The SMILES string of the molecule is Cc1ccc(Sc2ncccc2C(=O)Nc2nc(N3CCCCC3)n[nH]2)cc1C. The Balaban J connectivity index is 1.49. The largest absolute Gasteiger partial charge is 0.340 e. The van der Waals surface area contributed by atoms with Crippen LogP contribution in [0.3, 0.4) is 0 Å². The average molecular weight is 409 g/mol. The fourth-order valence-corrected chi connectivity index (χ4v) is 4.23. The molecular formula is C21H24N6OS. The van der Waals surface area contributed by atoms with Crippen LogP contribution in [0.4, 0.5) is 11.9 Å². The van der Waals surface area contributed by atoms with E-state index < -0.39 is 0 Å². The fourth-order valence-electron chi connectivity index (χ4n) is 3.25. The summed E-state index contributed by atoms with van der Waals surface area (Å²) in [5.41, 5.74) is 2.96. The summed E-state index contributed by atoms with van der Waals surface area (Å²) in [6.45, 7) is 6.06. The van der Waals surface area contributed by atoms with Gasteiger partial charge in [-0.05, 0) is 68.5 Å². The number of aromatic amines is 1. The summed E-state index contributed by atoms with van der Waals surface area (Å²) in [6, 6.07) is 9.77. The summed E-state index contributed by atoms with van der Waals surface area (Å²) >= 11 is 1.48. The van der Waals surface area contributed by atoms with E-state index in [2.05, 4.69) is 56.4 Å². The van der Waals surface area contributed by atoms with E-state index in [1.54, 1.807) is 18.3 Å². The molecule has 7 nitrogen and oxygen atoms in total. The van der Waals surface area contributed by atoms with Crippen LogP contribution < -0.4 is 10.2 Å². The Labute approximate surface area is 174 Å². The highest BCUT2D eigenvalue weighted by Gasteiger charge is 2.18. The lowest BCUT2D eigenvalue weighted by molar-refractivity contribution is 0.102. The van der Waals surface area contributed by atoms with Crippen molar-refractivity contribution in [2.45, 2.75) is 43.0 Å². The number of amides is 1.